The summed E-state index contributed by atoms with van der Waals surface area (Å²) in [6, 6.07) is 8.62. The van der Waals surface area contributed by atoms with E-state index in [-0.39, 0.29) is 55.2 Å². The highest BCUT2D eigenvalue weighted by atomic mass is 32.2. The number of hydrogen-bond acceptors (Lipinski definition) is 6. The molecule has 1 aliphatic rings. The van der Waals surface area contributed by atoms with Gasteiger partial charge >= 0.3 is 0 Å². The molecule has 2 heterocycles. The van der Waals surface area contributed by atoms with E-state index >= 15 is 0 Å². The predicted molar refractivity (Wildman–Crippen MR) is 100 cm³/mol. The molecule has 9 nitrogen and oxygen atoms in total. The number of aromatic nitrogens is 1. The van der Waals surface area contributed by atoms with Gasteiger partial charge in [-0.25, -0.2) is 8.42 Å². The Hall–Kier alpha value is -2.72. The molecule has 1 saturated heterocycles. The highest BCUT2D eigenvalue weighted by Gasteiger charge is 2.34. The summed E-state index contributed by atoms with van der Waals surface area (Å²) in [6.45, 7) is 3.85. The third kappa shape index (κ3) is 4.07. The van der Waals surface area contributed by atoms with Gasteiger partial charge in [0, 0.05) is 31.7 Å². The van der Waals surface area contributed by atoms with Crippen molar-refractivity contribution in [2.75, 3.05) is 32.7 Å². The number of sulfonamides is 1. The first-order chi connectivity index (χ1) is 13.3. The zero-order chi connectivity index (χ0) is 20.3. The highest BCUT2D eigenvalue weighted by Crippen LogP contribution is 2.24. The maximum absolute atomic E-state index is 12.8. The lowest BCUT2D eigenvalue weighted by molar-refractivity contribution is -0.131. The minimum absolute atomic E-state index is 0.0856. The van der Waals surface area contributed by atoms with E-state index in [1.165, 1.54) is 4.31 Å². The van der Waals surface area contributed by atoms with Gasteiger partial charge in [-0.2, -0.15) is 4.31 Å². The van der Waals surface area contributed by atoms with Gasteiger partial charge in [0.1, 0.15) is 10.6 Å². The van der Waals surface area contributed by atoms with Crippen LogP contribution in [-0.2, 0) is 14.8 Å². The molecule has 1 aromatic heterocycles. The van der Waals surface area contributed by atoms with E-state index < -0.39 is 10.0 Å². The van der Waals surface area contributed by atoms with Crippen molar-refractivity contribution in [3.63, 3.8) is 0 Å². The van der Waals surface area contributed by atoms with E-state index in [1.54, 1.807) is 49.1 Å². The van der Waals surface area contributed by atoms with Crippen molar-refractivity contribution in [2.24, 2.45) is 0 Å². The van der Waals surface area contributed by atoms with Crippen LogP contribution in [-0.4, -0.2) is 67.3 Å². The van der Waals surface area contributed by atoms with Gasteiger partial charge in [-0.05, 0) is 26.0 Å². The molecule has 2 aromatic rings. The highest BCUT2D eigenvalue weighted by molar-refractivity contribution is 7.89. The fraction of sp³-hybridized carbons (Fsp3) is 0.389. The maximum Gasteiger partial charge on any atom is 0.251 e. The molecule has 1 fully saturated rings. The van der Waals surface area contributed by atoms with Crippen LogP contribution in [0.25, 0.3) is 0 Å². The number of amides is 2. The molecule has 150 valence electrons. The van der Waals surface area contributed by atoms with Crippen LogP contribution in [0.3, 0.4) is 0 Å². The van der Waals surface area contributed by atoms with Crippen LogP contribution in [0.5, 0.6) is 0 Å². The lowest BCUT2D eigenvalue weighted by atomic mass is 10.2. The van der Waals surface area contributed by atoms with Crippen molar-refractivity contribution in [1.82, 2.24) is 19.7 Å². The fourth-order valence-electron chi connectivity index (χ4n) is 3.11. The van der Waals surface area contributed by atoms with Crippen molar-refractivity contribution >= 4 is 21.8 Å². The van der Waals surface area contributed by atoms with E-state index in [1.807, 2.05) is 0 Å². The summed E-state index contributed by atoms with van der Waals surface area (Å²) in [7, 11) is -3.72. The van der Waals surface area contributed by atoms with Crippen LogP contribution in [0, 0.1) is 13.8 Å². The molecule has 3 rings (SSSR count). The van der Waals surface area contributed by atoms with Crippen molar-refractivity contribution < 1.29 is 22.5 Å². The molecular formula is C18H22N4O5S. The van der Waals surface area contributed by atoms with Gasteiger partial charge in [0.25, 0.3) is 5.91 Å². The summed E-state index contributed by atoms with van der Waals surface area (Å²) < 4.78 is 31.9. The molecule has 0 bridgehead atoms. The average Bonchev–Trinajstić information content (AvgIpc) is 3.05. The largest absolute Gasteiger partial charge is 0.360 e. The Morgan fingerprint density at radius 3 is 2.32 bits per heavy atom. The minimum Gasteiger partial charge on any atom is -0.360 e. The molecule has 0 saturated carbocycles. The first-order valence-electron chi connectivity index (χ1n) is 8.84. The van der Waals surface area contributed by atoms with Gasteiger partial charge in [-0.3, -0.25) is 9.59 Å². The Morgan fingerprint density at radius 2 is 1.75 bits per heavy atom. The van der Waals surface area contributed by atoms with Crippen LogP contribution in [0.1, 0.15) is 21.8 Å². The van der Waals surface area contributed by atoms with Crippen molar-refractivity contribution in [2.45, 2.75) is 18.7 Å². The number of benzene rings is 1. The number of aryl methyl sites for hydroxylation is 2. The smallest absolute Gasteiger partial charge is 0.251 e. The molecule has 28 heavy (non-hydrogen) atoms. The maximum atomic E-state index is 12.8. The van der Waals surface area contributed by atoms with Gasteiger partial charge in [-0.15, -0.1) is 0 Å². The summed E-state index contributed by atoms with van der Waals surface area (Å²) in [6.07, 6.45) is 0. The van der Waals surface area contributed by atoms with Crippen LogP contribution in [0.4, 0.5) is 0 Å². The van der Waals surface area contributed by atoms with Crippen LogP contribution in [0.15, 0.2) is 39.8 Å². The lowest BCUT2D eigenvalue weighted by Gasteiger charge is -2.34. The summed E-state index contributed by atoms with van der Waals surface area (Å²) in [5, 5.41) is 6.29. The Labute approximate surface area is 163 Å². The second kappa shape index (κ2) is 8.11. The molecule has 0 spiro atoms. The fourth-order valence-corrected chi connectivity index (χ4v) is 4.82. The average molecular weight is 406 g/mol. The number of rotatable bonds is 5. The third-order valence-corrected chi connectivity index (χ3v) is 6.74. The van der Waals surface area contributed by atoms with E-state index in [0.29, 0.717) is 11.3 Å². The molecule has 0 radical (unpaired) electrons. The predicted octanol–water partition coefficient (Wildman–Crippen LogP) is 0.554. The lowest BCUT2D eigenvalue weighted by Crippen LogP contribution is -2.52. The quantitative estimate of drug-likeness (QED) is 0.776. The van der Waals surface area contributed by atoms with Gasteiger partial charge in [0.15, 0.2) is 5.76 Å². The topological polar surface area (TPSA) is 113 Å². The van der Waals surface area contributed by atoms with Crippen molar-refractivity contribution in [1.29, 1.82) is 0 Å². The number of nitrogens with zero attached hydrogens (tertiary/aromatic N) is 3. The second-order valence-corrected chi connectivity index (χ2v) is 8.36. The number of carbonyl (C=O) groups excluding carboxylic acids is 2. The van der Waals surface area contributed by atoms with Crippen molar-refractivity contribution in [3.05, 3.63) is 47.3 Å². The molecule has 1 aromatic carbocycles. The Kier molecular flexibility index (Phi) is 5.80. The molecule has 1 aliphatic heterocycles. The Balaban J connectivity index is 1.55. The summed E-state index contributed by atoms with van der Waals surface area (Å²) in [4.78, 5) is 26.0. The standard InChI is InChI=1S/C18H22N4O5S/c1-13-17(14(2)27-20-13)28(25,26)22-10-8-21(9-11-22)16(23)12-19-18(24)15-6-4-3-5-7-15/h3-7H,8-12H2,1-2H3,(H,19,24). The number of hydrogen-bond donors (Lipinski definition) is 1. The van der Waals surface area contributed by atoms with Gasteiger partial charge < -0.3 is 14.7 Å². The zero-order valence-electron chi connectivity index (χ0n) is 15.7. The summed E-state index contributed by atoms with van der Waals surface area (Å²) in [5.41, 5.74) is 0.797. The van der Waals surface area contributed by atoms with Gasteiger partial charge in [-0.1, -0.05) is 23.4 Å². The van der Waals surface area contributed by atoms with E-state index in [4.69, 9.17) is 4.52 Å². The summed E-state index contributed by atoms with van der Waals surface area (Å²) >= 11 is 0. The first-order valence-corrected chi connectivity index (χ1v) is 10.3. The van der Waals surface area contributed by atoms with E-state index in [0.717, 1.165) is 0 Å². The molecule has 1 N–H and O–H groups in total. The first kappa shape index (κ1) is 20.0. The monoisotopic (exact) mass is 406 g/mol. The Bertz CT molecular complexity index is 944. The number of piperazine rings is 1. The Morgan fingerprint density at radius 1 is 1.11 bits per heavy atom. The third-order valence-electron chi connectivity index (χ3n) is 4.59. The number of carbonyl (C=O) groups is 2. The van der Waals surface area contributed by atoms with Crippen LogP contribution < -0.4 is 5.32 Å². The number of nitrogens with one attached hydrogen (secondary N) is 1. The molecule has 0 atom stereocenters. The molecular weight excluding hydrogens is 384 g/mol. The zero-order valence-corrected chi connectivity index (χ0v) is 16.5. The SMILES string of the molecule is Cc1noc(C)c1S(=O)(=O)N1CCN(C(=O)CNC(=O)c2ccccc2)CC1. The van der Waals surface area contributed by atoms with Crippen LogP contribution in [0.2, 0.25) is 0 Å². The molecule has 0 unspecified atom stereocenters. The van der Waals surface area contributed by atoms with Crippen LogP contribution >= 0.6 is 0 Å². The van der Waals surface area contributed by atoms with E-state index in [2.05, 4.69) is 10.5 Å². The van der Waals surface area contributed by atoms with Gasteiger partial charge in [0.05, 0.1) is 6.54 Å². The van der Waals surface area contributed by atoms with Crippen molar-refractivity contribution in [3.8, 4) is 0 Å². The second-order valence-electron chi connectivity index (χ2n) is 6.49. The molecule has 0 aliphatic carbocycles. The molecule has 2 amide bonds. The van der Waals surface area contributed by atoms with E-state index in [9.17, 15) is 18.0 Å². The summed E-state index contributed by atoms with van der Waals surface area (Å²) in [5.74, 6) is -0.327. The molecule has 10 heteroatoms. The van der Waals surface area contributed by atoms with Gasteiger partial charge in [0.2, 0.25) is 15.9 Å². The minimum atomic E-state index is -3.72. The normalized spacial score (nSPS) is 15.4.